The number of azide groups is 1. The molecule has 0 aromatic rings. The predicted molar refractivity (Wildman–Crippen MR) is 55.2 cm³/mol. The SMILES string of the molecule is CCC(C)C(=O)OCCOCCN=[N+]=[N-]. The third-order valence-electron chi connectivity index (χ3n) is 1.89. The molecular formula is C9H17N3O3. The molecule has 86 valence electrons. The number of hydrogen-bond donors (Lipinski definition) is 0. The van der Waals surface area contributed by atoms with Crippen LogP contribution in [0.4, 0.5) is 0 Å². The minimum absolute atomic E-state index is 0.0619. The molecule has 0 aliphatic rings. The molecule has 0 radical (unpaired) electrons. The Balaban J connectivity index is 3.31. The second kappa shape index (κ2) is 9.30. The molecule has 0 heterocycles. The van der Waals surface area contributed by atoms with Gasteiger partial charge in [0.1, 0.15) is 6.61 Å². The number of esters is 1. The number of hydrogen-bond acceptors (Lipinski definition) is 4. The van der Waals surface area contributed by atoms with E-state index in [-0.39, 0.29) is 18.5 Å². The van der Waals surface area contributed by atoms with Crippen molar-refractivity contribution in [3.8, 4) is 0 Å². The maximum atomic E-state index is 11.2. The zero-order valence-electron chi connectivity index (χ0n) is 9.18. The summed E-state index contributed by atoms with van der Waals surface area (Å²) in [5.74, 6) is -0.260. The van der Waals surface area contributed by atoms with Crippen molar-refractivity contribution in [2.75, 3.05) is 26.4 Å². The molecule has 0 aromatic heterocycles. The summed E-state index contributed by atoms with van der Waals surface area (Å²) in [7, 11) is 0. The lowest BCUT2D eigenvalue weighted by molar-refractivity contribution is -0.149. The summed E-state index contributed by atoms with van der Waals surface area (Å²) >= 11 is 0. The fourth-order valence-corrected chi connectivity index (χ4v) is 0.762. The van der Waals surface area contributed by atoms with E-state index in [1.807, 2.05) is 13.8 Å². The van der Waals surface area contributed by atoms with Crippen LogP contribution in [0.3, 0.4) is 0 Å². The first kappa shape index (κ1) is 13.7. The van der Waals surface area contributed by atoms with Crippen LogP contribution in [0.15, 0.2) is 5.11 Å². The molecule has 0 saturated carbocycles. The first-order valence-corrected chi connectivity index (χ1v) is 4.97. The van der Waals surface area contributed by atoms with Gasteiger partial charge in [0.25, 0.3) is 0 Å². The molecule has 0 rings (SSSR count). The molecule has 6 nitrogen and oxygen atoms in total. The van der Waals surface area contributed by atoms with Crippen LogP contribution < -0.4 is 0 Å². The average Bonchev–Trinajstić information content (AvgIpc) is 2.26. The van der Waals surface area contributed by atoms with Crippen molar-refractivity contribution in [1.29, 1.82) is 0 Å². The molecule has 1 unspecified atom stereocenters. The quantitative estimate of drug-likeness (QED) is 0.204. The Kier molecular flexibility index (Phi) is 8.52. The van der Waals surface area contributed by atoms with Crippen LogP contribution in [-0.4, -0.2) is 32.3 Å². The van der Waals surface area contributed by atoms with Gasteiger partial charge >= 0.3 is 5.97 Å². The van der Waals surface area contributed by atoms with Gasteiger partial charge < -0.3 is 9.47 Å². The van der Waals surface area contributed by atoms with E-state index in [9.17, 15) is 4.79 Å². The van der Waals surface area contributed by atoms with Gasteiger partial charge in [0.2, 0.25) is 0 Å². The third-order valence-corrected chi connectivity index (χ3v) is 1.89. The summed E-state index contributed by atoms with van der Waals surface area (Å²) in [6.07, 6.45) is 0.774. The molecule has 0 amide bonds. The smallest absolute Gasteiger partial charge is 0.308 e. The summed E-state index contributed by atoms with van der Waals surface area (Å²) in [4.78, 5) is 13.7. The van der Waals surface area contributed by atoms with Gasteiger partial charge in [-0.05, 0) is 12.0 Å². The lowest BCUT2D eigenvalue weighted by Gasteiger charge is -2.08. The molecule has 15 heavy (non-hydrogen) atoms. The molecule has 0 bridgehead atoms. The largest absolute Gasteiger partial charge is 0.463 e. The van der Waals surface area contributed by atoms with Gasteiger partial charge in [-0.15, -0.1) is 0 Å². The molecule has 0 fully saturated rings. The van der Waals surface area contributed by atoms with Crippen molar-refractivity contribution in [3.05, 3.63) is 10.4 Å². The average molecular weight is 215 g/mol. The Bertz CT molecular complexity index is 227. The summed E-state index contributed by atoms with van der Waals surface area (Å²) in [5.41, 5.74) is 7.96. The van der Waals surface area contributed by atoms with E-state index in [0.29, 0.717) is 19.8 Å². The lowest BCUT2D eigenvalue weighted by Crippen LogP contribution is -2.17. The highest BCUT2D eigenvalue weighted by molar-refractivity contribution is 5.71. The van der Waals surface area contributed by atoms with Gasteiger partial charge in [-0.25, -0.2) is 0 Å². The van der Waals surface area contributed by atoms with Crippen LogP contribution in [0.25, 0.3) is 10.4 Å². The monoisotopic (exact) mass is 215 g/mol. The van der Waals surface area contributed by atoms with E-state index in [2.05, 4.69) is 10.0 Å². The number of carbonyl (C=O) groups excluding carboxylic acids is 1. The zero-order chi connectivity index (χ0) is 11.5. The van der Waals surface area contributed by atoms with E-state index in [0.717, 1.165) is 6.42 Å². The maximum absolute atomic E-state index is 11.2. The molecule has 0 aromatic carbocycles. The molecule has 0 saturated heterocycles. The first-order valence-electron chi connectivity index (χ1n) is 4.97. The standard InChI is InChI=1S/C9H17N3O3/c1-3-8(2)9(13)15-7-6-14-5-4-11-12-10/h8H,3-7H2,1-2H3. The topological polar surface area (TPSA) is 84.3 Å². The third kappa shape index (κ3) is 7.78. The maximum Gasteiger partial charge on any atom is 0.308 e. The van der Waals surface area contributed by atoms with Crippen molar-refractivity contribution < 1.29 is 14.3 Å². The fraction of sp³-hybridized carbons (Fsp3) is 0.889. The van der Waals surface area contributed by atoms with E-state index >= 15 is 0 Å². The van der Waals surface area contributed by atoms with Crippen LogP contribution in [0.5, 0.6) is 0 Å². The van der Waals surface area contributed by atoms with E-state index in [1.54, 1.807) is 0 Å². The van der Waals surface area contributed by atoms with Gasteiger partial charge in [-0.3, -0.25) is 4.79 Å². The van der Waals surface area contributed by atoms with Crippen molar-refractivity contribution >= 4 is 5.97 Å². The van der Waals surface area contributed by atoms with Crippen LogP contribution in [-0.2, 0) is 14.3 Å². The van der Waals surface area contributed by atoms with Gasteiger partial charge in [-0.2, -0.15) is 0 Å². The van der Waals surface area contributed by atoms with Crippen LogP contribution in [0.2, 0.25) is 0 Å². The molecule has 1 atom stereocenters. The normalized spacial score (nSPS) is 11.6. The van der Waals surface area contributed by atoms with Gasteiger partial charge in [0.05, 0.1) is 19.1 Å². The predicted octanol–water partition coefficient (Wildman–Crippen LogP) is 1.90. The Hall–Kier alpha value is -1.26. The Morgan fingerprint density at radius 2 is 2.20 bits per heavy atom. The number of nitrogens with zero attached hydrogens (tertiary/aromatic N) is 3. The molecule has 0 spiro atoms. The van der Waals surface area contributed by atoms with Crippen molar-refractivity contribution in [3.63, 3.8) is 0 Å². The lowest BCUT2D eigenvalue weighted by atomic mass is 10.1. The van der Waals surface area contributed by atoms with Crippen LogP contribution in [0.1, 0.15) is 20.3 Å². The minimum Gasteiger partial charge on any atom is -0.463 e. The van der Waals surface area contributed by atoms with Crippen LogP contribution in [0, 0.1) is 5.92 Å². The second-order valence-electron chi connectivity index (χ2n) is 3.04. The van der Waals surface area contributed by atoms with E-state index in [1.165, 1.54) is 0 Å². The van der Waals surface area contributed by atoms with Gasteiger partial charge in [0, 0.05) is 11.5 Å². The molecule has 0 aliphatic heterocycles. The molecular weight excluding hydrogens is 198 g/mol. The summed E-state index contributed by atoms with van der Waals surface area (Å²) in [5, 5.41) is 3.29. The highest BCUT2D eigenvalue weighted by Gasteiger charge is 2.10. The number of ether oxygens (including phenoxy) is 2. The highest BCUT2D eigenvalue weighted by Crippen LogP contribution is 2.02. The fourth-order valence-electron chi connectivity index (χ4n) is 0.762. The molecule has 0 aliphatic carbocycles. The van der Waals surface area contributed by atoms with Crippen LogP contribution >= 0.6 is 0 Å². The molecule has 6 heteroatoms. The number of rotatable bonds is 8. The van der Waals surface area contributed by atoms with Crippen molar-refractivity contribution in [2.45, 2.75) is 20.3 Å². The van der Waals surface area contributed by atoms with Crippen molar-refractivity contribution in [2.24, 2.45) is 11.0 Å². The van der Waals surface area contributed by atoms with Crippen molar-refractivity contribution in [1.82, 2.24) is 0 Å². The summed E-state index contributed by atoms with van der Waals surface area (Å²) < 4.78 is 9.99. The zero-order valence-corrected chi connectivity index (χ0v) is 9.18. The van der Waals surface area contributed by atoms with E-state index < -0.39 is 0 Å². The molecule has 0 N–H and O–H groups in total. The van der Waals surface area contributed by atoms with Gasteiger partial charge in [-0.1, -0.05) is 19.0 Å². The van der Waals surface area contributed by atoms with Gasteiger partial charge in [0.15, 0.2) is 0 Å². The second-order valence-corrected chi connectivity index (χ2v) is 3.04. The van der Waals surface area contributed by atoms with E-state index in [4.69, 9.17) is 15.0 Å². The highest BCUT2D eigenvalue weighted by atomic mass is 16.6. The minimum atomic E-state index is -0.198. The Morgan fingerprint density at radius 1 is 1.47 bits per heavy atom. The Labute approximate surface area is 89.2 Å². The summed E-state index contributed by atoms with van der Waals surface area (Å²) in [6, 6.07) is 0. The Morgan fingerprint density at radius 3 is 2.80 bits per heavy atom. The first-order chi connectivity index (χ1) is 7.22. The summed E-state index contributed by atoms with van der Waals surface area (Å²) in [6.45, 7) is 5.00. The number of carbonyl (C=O) groups is 1.